The molecule has 11 nitrogen and oxygen atoms in total. The molecule has 28 heavy (non-hydrogen) atoms. The smallest absolute Gasteiger partial charge is 0.323 e. The van der Waals surface area contributed by atoms with Crippen molar-refractivity contribution in [3.63, 3.8) is 0 Å². The Balaban J connectivity index is 2.09. The quantitative estimate of drug-likeness (QED) is 0.391. The number of nitrogens with zero attached hydrogens (tertiary/aromatic N) is 7. The molecule has 0 saturated heterocycles. The molecule has 1 N–H and O–H groups in total. The van der Waals surface area contributed by atoms with Gasteiger partial charge in [-0.1, -0.05) is 0 Å². The second-order valence-electron chi connectivity index (χ2n) is 5.98. The number of aryl methyl sites for hydroxylation is 3. The van der Waals surface area contributed by atoms with Gasteiger partial charge < -0.3 is 9.84 Å². The van der Waals surface area contributed by atoms with Gasteiger partial charge in [-0.2, -0.15) is 14.9 Å². The van der Waals surface area contributed by atoms with Crippen molar-refractivity contribution in [3.05, 3.63) is 51.1 Å². The molecule has 0 atom stereocenters. The SMILES string of the molecule is CCOc1c(O)ccc(C=Nn2c(C)nnc2-n2nc(C)cc2C)c1[N+](=O)[O-]. The first-order valence-electron chi connectivity index (χ1n) is 8.46. The van der Waals surface area contributed by atoms with Crippen molar-refractivity contribution in [2.45, 2.75) is 27.7 Å². The summed E-state index contributed by atoms with van der Waals surface area (Å²) in [5.74, 6) is 0.321. The lowest BCUT2D eigenvalue weighted by atomic mass is 10.1. The van der Waals surface area contributed by atoms with E-state index in [0.717, 1.165) is 11.4 Å². The van der Waals surface area contributed by atoms with Crippen molar-refractivity contribution in [1.82, 2.24) is 24.7 Å². The van der Waals surface area contributed by atoms with Crippen LogP contribution >= 0.6 is 0 Å². The number of ether oxygens (including phenoxy) is 1. The fraction of sp³-hybridized carbons (Fsp3) is 0.294. The van der Waals surface area contributed by atoms with E-state index in [1.54, 1.807) is 18.5 Å². The Morgan fingerprint density at radius 3 is 2.68 bits per heavy atom. The zero-order valence-electron chi connectivity index (χ0n) is 15.8. The molecule has 0 bridgehead atoms. The highest BCUT2D eigenvalue weighted by atomic mass is 16.6. The number of aromatic hydroxyl groups is 1. The molecule has 146 valence electrons. The topological polar surface area (TPSA) is 133 Å². The third-order valence-corrected chi connectivity index (χ3v) is 3.90. The van der Waals surface area contributed by atoms with Crippen LogP contribution in [0.5, 0.6) is 11.5 Å². The number of aromatic nitrogens is 5. The second kappa shape index (κ2) is 7.47. The Morgan fingerprint density at radius 1 is 1.32 bits per heavy atom. The molecule has 0 unspecified atom stereocenters. The third kappa shape index (κ3) is 3.41. The maximum absolute atomic E-state index is 11.5. The summed E-state index contributed by atoms with van der Waals surface area (Å²) in [6.45, 7) is 7.27. The standard InChI is InChI=1S/C17H19N7O4/c1-5-28-16-14(25)7-6-13(15(16)24(26)27)9-18-23-12(4)19-20-17(23)22-11(3)8-10(2)21-22/h6-9,25H,5H2,1-4H3. The van der Waals surface area contributed by atoms with Crippen LogP contribution in [0.2, 0.25) is 0 Å². The monoisotopic (exact) mass is 385 g/mol. The molecule has 0 spiro atoms. The van der Waals surface area contributed by atoms with Crippen LogP contribution in [0.15, 0.2) is 23.3 Å². The number of hydrogen-bond donors (Lipinski definition) is 1. The highest BCUT2D eigenvalue weighted by Crippen LogP contribution is 2.38. The van der Waals surface area contributed by atoms with Crippen LogP contribution in [0, 0.1) is 30.9 Å². The van der Waals surface area contributed by atoms with Crippen molar-refractivity contribution in [2.75, 3.05) is 6.61 Å². The summed E-state index contributed by atoms with van der Waals surface area (Å²) in [7, 11) is 0. The minimum absolute atomic E-state index is 0.165. The van der Waals surface area contributed by atoms with Crippen LogP contribution in [0.1, 0.15) is 29.7 Å². The molecule has 0 aliphatic rings. The van der Waals surface area contributed by atoms with E-state index in [2.05, 4.69) is 20.4 Å². The molecule has 1 aromatic carbocycles. The number of rotatable bonds is 6. The lowest BCUT2D eigenvalue weighted by Crippen LogP contribution is -2.08. The van der Waals surface area contributed by atoms with Crippen molar-refractivity contribution in [3.8, 4) is 17.4 Å². The van der Waals surface area contributed by atoms with E-state index in [1.165, 1.54) is 23.0 Å². The Bertz CT molecular complexity index is 1070. The van der Waals surface area contributed by atoms with Crippen molar-refractivity contribution < 1.29 is 14.8 Å². The molecular weight excluding hydrogens is 366 g/mol. The molecule has 2 heterocycles. The number of benzene rings is 1. The van der Waals surface area contributed by atoms with Crippen LogP contribution in [0.3, 0.4) is 0 Å². The summed E-state index contributed by atoms with van der Waals surface area (Å²) < 4.78 is 8.26. The fourth-order valence-corrected chi connectivity index (χ4v) is 2.72. The average Bonchev–Trinajstić information content (AvgIpc) is 3.16. The second-order valence-corrected chi connectivity index (χ2v) is 5.98. The zero-order chi connectivity index (χ0) is 20.4. The van der Waals surface area contributed by atoms with Crippen LogP contribution in [-0.4, -0.2) is 47.5 Å². The first kappa shape index (κ1) is 19.0. The van der Waals surface area contributed by atoms with Gasteiger partial charge in [0.15, 0.2) is 11.6 Å². The fourth-order valence-electron chi connectivity index (χ4n) is 2.72. The van der Waals surface area contributed by atoms with E-state index in [9.17, 15) is 15.2 Å². The Labute approximate surface area is 160 Å². The highest BCUT2D eigenvalue weighted by molar-refractivity contribution is 5.88. The molecule has 11 heteroatoms. The molecule has 3 aromatic rings. The predicted molar refractivity (Wildman–Crippen MR) is 100 cm³/mol. The van der Waals surface area contributed by atoms with E-state index in [1.807, 2.05) is 19.9 Å². The first-order chi connectivity index (χ1) is 13.3. The van der Waals surface area contributed by atoms with Gasteiger partial charge in [0.1, 0.15) is 0 Å². The number of hydrogen-bond acceptors (Lipinski definition) is 8. The summed E-state index contributed by atoms with van der Waals surface area (Å²) in [6, 6.07) is 4.60. The van der Waals surface area contributed by atoms with Gasteiger partial charge in [0.2, 0.25) is 5.75 Å². The zero-order valence-corrected chi connectivity index (χ0v) is 15.8. The van der Waals surface area contributed by atoms with Gasteiger partial charge in [0.25, 0.3) is 5.95 Å². The molecule has 0 fully saturated rings. The molecule has 3 rings (SSSR count). The first-order valence-corrected chi connectivity index (χ1v) is 8.46. The van der Waals surface area contributed by atoms with Crippen LogP contribution in [0.25, 0.3) is 5.95 Å². The molecular formula is C17H19N7O4. The van der Waals surface area contributed by atoms with E-state index in [0.29, 0.717) is 11.8 Å². The summed E-state index contributed by atoms with van der Waals surface area (Å²) in [4.78, 5) is 10.9. The lowest BCUT2D eigenvalue weighted by molar-refractivity contribution is -0.386. The van der Waals surface area contributed by atoms with Gasteiger partial charge in [-0.05, 0) is 45.9 Å². The maximum atomic E-state index is 11.5. The van der Waals surface area contributed by atoms with Gasteiger partial charge in [0.05, 0.1) is 29.0 Å². The minimum atomic E-state index is -0.618. The van der Waals surface area contributed by atoms with Gasteiger partial charge >= 0.3 is 5.69 Å². The summed E-state index contributed by atoms with van der Waals surface area (Å²) in [6.07, 6.45) is 1.30. The predicted octanol–water partition coefficient (Wildman–Crippen LogP) is 2.28. The van der Waals surface area contributed by atoms with Gasteiger partial charge in [-0.15, -0.1) is 10.2 Å². The molecule has 0 amide bonds. The Hall–Kier alpha value is -3.76. The molecule has 0 saturated carbocycles. The average molecular weight is 385 g/mol. The molecule has 0 aliphatic carbocycles. The maximum Gasteiger partial charge on any atom is 0.323 e. The highest BCUT2D eigenvalue weighted by Gasteiger charge is 2.24. The van der Waals surface area contributed by atoms with E-state index in [4.69, 9.17) is 4.74 Å². The summed E-state index contributed by atoms with van der Waals surface area (Å²) in [5.41, 5.74) is 1.45. The van der Waals surface area contributed by atoms with E-state index in [-0.39, 0.29) is 29.4 Å². The third-order valence-electron chi connectivity index (χ3n) is 3.90. The molecule has 0 aliphatic heterocycles. The van der Waals surface area contributed by atoms with Crippen molar-refractivity contribution in [1.29, 1.82) is 0 Å². The van der Waals surface area contributed by atoms with Crippen LogP contribution < -0.4 is 4.74 Å². The Kier molecular flexibility index (Phi) is 5.07. The summed E-state index contributed by atoms with van der Waals surface area (Å²) in [5, 5.41) is 38.2. The number of phenols is 1. The van der Waals surface area contributed by atoms with Crippen molar-refractivity contribution in [2.24, 2.45) is 5.10 Å². The van der Waals surface area contributed by atoms with Gasteiger partial charge in [0, 0.05) is 5.69 Å². The van der Waals surface area contributed by atoms with Crippen LogP contribution in [0.4, 0.5) is 5.69 Å². The van der Waals surface area contributed by atoms with E-state index < -0.39 is 4.92 Å². The van der Waals surface area contributed by atoms with Gasteiger partial charge in [-0.3, -0.25) is 10.1 Å². The number of nitro groups is 1. The van der Waals surface area contributed by atoms with Gasteiger partial charge in [-0.25, -0.2) is 4.68 Å². The molecule has 0 radical (unpaired) electrons. The largest absolute Gasteiger partial charge is 0.504 e. The van der Waals surface area contributed by atoms with E-state index >= 15 is 0 Å². The Morgan fingerprint density at radius 2 is 2.07 bits per heavy atom. The number of phenolic OH excluding ortho intramolecular Hbond substituents is 1. The number of nitro benzene ring substituents is 1. The normalized spacial score (nSPS) is 11.3. The van der Waals surface area contributed by atoms with Crippen molar-refractivity contribution >= 4 is 11.9 Å². The summed E-state index contributed by atoms with van der Waals surface area (Å²) >= 11 is 0. The van der Waals surface area contributed by atoms with Crippen LogP contribution in [-0.2, 0) is 0 Å². The lowest BCUT2D eigenvalue weighted by Gasteiger charge is -2.08. The molecule has 2 aromatic heterocycles. The minimum Gasteiger partial charge on any atom is -0.504 e.